The molecule has 1 aromatic carbocycles. The van der Waals surface area contributed by atoms with Gasteiger partial charge in [0.1, 0.15) is 5.52 Å². The number of hydrogen-bond donors (Lipinski definition) is 0. The second kappa shape index (κ2) is 5.88. The smallest absolute Gasteiger partial charge is 0.346 e. The minimum atomic E-state index is -0.701. The SMILES string of the molecule is COC(=O)C(C)Oc1c(Br)cc(Br)c2cccnc12. The molecule has 0 amide bonds. The Balaban J connectivity index is 2.51. The highest BCUT2D eigenvalue weighted by atomic mass is 79.9. The van der Waals surface area contributed by atoms with Crippen molar-refractivity contribution in [2.45, 2.75) is 13.0 Å². The van der Waals surface area contributed by atoms with Gasteiger partial charge in [0.15, 0.2) is 11.9 Å². The minimum absolute atomic E-state index is 0.432. The van der Waals surface area contributed by atoms with E-state index in [0.717, 1.165) is 14.3 Å². The first kappa shape index (κ1) is 14.3. The fourth-order valence-corrected chi connectivity index (χ4v) is 3.02. The molecule has 0 aliphatic rings. The highest BCUT2D eigenvalue weighted by molar-refractivity contribution is 9.11. The predicted molar refractivity (Wildman–Crippen MR) is 79.2 cm³/mol. The van der Waals surface area contributed by atoms with Gasteiger partial charge in [-0.2, -0.15) is 0 Å². The van der Waals surface area contributed by atoms with Crippen LogP contribution >= 0.6 is 31.9 Å². The number of carbonyl (C=O) groups excluding carboxylic acids is 1. The Hall–Kier alpha value is -1.14. The molecule has 19 heavy (non-hydrogen) atoms. The molecular formula is C13H11Br2NO3. The van der Waals surface area contributed by atoms with E-state index in [0.29, 0.717) is 11.3 Å². The van der Waals surface area contributed by atoms with E-state index in [1.165, 1.54) is 7.11 Å². The fourth-order valence-electron chi connectivity index (χ4n) is 1.65. The van der Waals surface area contributed by atoms with Crippen molar-refractivity contribution in [2.75, 3.05) is 7.11 Å². The summed E-state index contributed by atoms with van der Waals surface area (Å²) in [5, 5.41) is 0.915. The molecule has 0 aliphatic heterocycles. The van der Waals surface area contributed by atoms with Gasteiger partial charge in [0.25, 0.3) is 0 Å². The topological polar surface area (TPSA) is 48.4 Å². The van der Waals surface area contributed by atoms with Crippen LogP contribution in [0.2, 0.25) is 0 Å². The molecule has 1 atom stereocenters. The molecule has 100 valence electrons. The Morgan fingerprint density at radius 2 is 2.11 bits per heavy atom. The zero-order valence-corrected chi connectivity index (χ0v) is 13.5. The molecule has 0 fully saturated rings. The fraction of sp³-hybridized carbons (Fsp3) is 0.231. The van der Waals surface area contributed by atoms with Crippen molar-refractivity contribution in [3.63, 3.8) is 0 Å². The quantitative estimate of drug-likeness (QED) is 0.752. The molecule has 1 aromatic heterocycles. The summed E-state index contributed by atoms with van der Waals surface area (Å²) in [6, 6.07) is 5.63. The van der Waals surface area contributed by atoms with Gasteiger partial charge in [-0.3, -0.25) is 4.98 Å². The van der Waals surface area contributed by atoms with Gasteiger partial charge in [-0.25, -0.2) is 4.79 Å². The monoisotopic (exact) mass is 387 g/mol. The molecule has 1 unspecified atom stereocenters. The summed E-state index contributed by atoms with van der Waals surface area (Å²) in [7, 11) is 1.33. The van der Waals surface area contributed by atoms with Crippen LogP contribution in [-0.4, -0.2) is 24.2 Å². The highest BCUT2D eigenvalue weighted by Crippen LogP contribution is 2.37. The van der Waals surface area contributed by atoms with Gasteiger partial charge in [-0.1, -0.05) is 22.0 Å². The molecule has 0 radical (unpaired) electrons. The molecule has 2 rings (SSSR count). The van der Waals surface area contributed by atoms with Crippen LogP contribution < -0.4 is 4.74 Å². The van der Waals surface area contributed by atoms with Crippen molar-refractivity contribution in [1.82, 2.24) is 4.98 Å². The summed E-state index contributed by atoms with van der Waals surface area (Å²) >= 11 is 6.89. The summed E-state index contributed by atoms with van der Waals surface area (Å²) in [5.74, 6) is 0.0931. The number of pyridine rings is 1. The predicted octanol–water partition coefficient (Wildman–Crippen LogP) is 3.70. The third kappa shape index (κ3) is 2.90. The van der Waals surface area contributed by atoms with Crippen LogP contribution in [0.15, 0.2) is 33.3 Å². The number of methoxy groups -OCH3 is 1. The van der Waals surface area contributed by atoms with E-state index < -0.39 is 12.1 Å². The first-order valence-corrected chi connectivity index (χ1v) is 7.10. The zero-order valence-electron chi connectivity index (χ0n) is 10.3. The average Bonchev–Trinajstić information content (AvgIpc) is 2.42. The molecule has 1 heterocycles. The third-order valence-electron chi connectivity index (χ3n) is 2.58. The third-order valence-corrected chi connectivity index (χ3v) is 3.82. The van der Waals surface area contributed by atoms with Crippen molar-refractivity contribution in [2.24, 2.45) is 0 Å². The zero-order chi connectivity index (χ0) is 14.0. The van der Waals surface area contributed by atoms with Gasteiger partial charge in [0.2, 0.25) is 0 Å². The molecule has 4 nitrogen and oxygen atoms in total. The van der Waals surface area contributed by atoms with E-state index in [1.807, 2.05) is 18.2 Å². The average molecular weight is 389 g/mol. The van der Waals surface area contributed by atoms with E-state index >= 15 is 0 Å². The Morgan fingerprint density at radius 3 is 2.79 bits per heavy atom. The number of rotatable bonds is 3. The van der Waals surface area contributed by atoms with Crippen molar-refractivity contribution >= 4 is 48.7 Å². The van der Waals surface area contributed by atoms with Gasteiger partial charge >= 0.3 is 5.97 Å². The van der Waals surface area contributed by atoms with E-state index in [1.54, 1.807) is 13.1 Å². The maximum Gasteiger partial charge on any atom is 0.346 e. The minimum Gasteiger partial charge on any atom is -0.476 e. The molecule has 0 spiro atoms. The molecule has 0 bridgehead atoms. The van der Waals surface area contributed by atoms with Crippen LogP contribution in [0.3, 0.4) is 0 Å². The maximum absolute atomic E-state index is 11.4. The number of benzene rings is 1. The van der Waals surface area contributed by atoms with Crippen molar-refractivity contribution in [3.8, 4) is 5.75 Å². The number of hydrogen-bond acceptors (Lipinski definition) is 4. The Labute approximate surface area is 127 Å². The standard InChI is InChI=1S/C13H11Br2NO3/c1-7(13(17)18-2)19-12-10(15)6-9(14)8-4-3-5-16-11(8)12/h3-7H,1-2H3. The van der Waals surface area contributed by atoms with Gasteiger partial charge in [-0.15, -0.1) is 0 Å². The van der Waals surface area contributed by atoms with Gasteiger partial charge in [0.05, 0.1) is 11.6 Å². The molecule has 0 N–H and O–H groups in total. The number of esters is 1. The first-order chi connectivity index (χ1) is 9.04. The van der Waals surface area contributed by atoms with E-state index in [2.05, 4.69) is 41.6 Å². The van der Waals surface area contributed by atoms with Crippen LogP contribution in [0.25, 0.3) is 10.9 Å². The van der Waals surface area contributed by atoms with Crippen LogP contribution in [-0.2, 0) is 9.53 Å². The van der Waals surface area contributed by atoms with Gasteiger partial charge in [0, 0.05) is 16.1 Å². The first-order valence-electron chi connectivity index (χ1n) is 5.51. The lowest BCUT2D eigenvalue weighted by Gasteiger charge is -2.15. The molecule has 2 aromatic rings. The van der Waals surface area contributed by atoms with E-state index in [9.17, 15) is 4.79 Å². The van der Waals surface area contributed by atoms with Crippen LogP contribution in [0.5, 0.6) is 5.75 Å². The second-order valence-electron chi connectivity index (χ2n) is 3.85. The molecular weight excluding hydrogens is 378 g/mol. The Morgan fingerprint density at radius 1 is 1.37 bits per heavy atom. The summed E-state index contributed by atoms with van der Waals surface area (Å²) in [5.41, 5.74) is 0.680. The number of fused-ring (bicyclic) bond motifs is 1. The summed E-state index contributed by atoms with van der Waals surface area (Å²) < 4.78 is 11.9. The lowest BCUT2D eigenvalue weighted by atomic mass is 10.2. The van der Waals surface area contributed by atoms with Crippen LogP contribution in [0.1, 0.15) is 6.92 Å². The molecule has 6 heteroatoms. The largest absolute Gasteiger partial charge is 0.476 e. The summed E-state index contributed by atoms with van der Waals surface area (Å²) in [6.45, 7) is 1.63. The number of aromatic nitrogens is 1. The molecule has 0 saturated heterocycles. The van der Waals surface area contributed by atoms with Crippen molar-refractivity contribution in [3.05, 3.63) is 33.3 Å². The van der Waals surface area contributed by atoms with Crippen LogP contribution in [0, 0.1) is 0 Å². The Kier molecular flexibility index (Phi) is 4.42. The van der Waals surface area contributed by atoms with E-state index in [4.69, 9.17) is 4.74 Å². The van der Waals surface area contributed by atoms with Crippen molar-refractivity contribution < 1.29 is 14.3 Å². The number of carbonyl (C=O) groups is 1. The lowest BCUT2D eigenvalue weighted by molar-refractivity contribution is -0.147. The maximum atomic E-state index is 11.4. The highest BCUT2D eigenvalue weighted by Gasteiger charge is 2.19. The second-order valence-corrected chi connectivity index (χ2v) is 5.56. The number of nitrogens with zero attached hydrogens (tertiary/aromatic N) is 1. The van der Waals surface area contributed by atoms with Gasteiger partial charge < -0.3 is 9.47 Å². The van der Waals surface area contributed by atoms with Gasteiger partial charge in [-0.05, 0) is 35.0 Å². The summed E-state index contributed by atoms with van der Waals surface area (Å²) in [6.07, 6.45) is 0.976. The van der Waals surface area contributed by atoms with Crippen molar-refractivity contribution in [1.29, 1.82) is 0 Å². The lowest BCUT2D eigenvalue weighted by Crippen LogP contribution is -2.25. The molecule has 0 saturated carbocycles. The normalized spacial score (nSPS) is 12.2. The number of ether oxygens (including phenoxy) is 2. The van der Waals surface area contributed by atoms with E-state index in [-0.39, 0.29) is 0 Å². The molecule has 0 aliphatic carbocycles. The Bertz CT molecular complexity index is 631. The number of halogens is 2. The summed E-state index contributed by atoms with van der Waals surface area (Å²) in [4.78, 5) is 15.7. The van der Waals surface area contributed by atoms with Crippen LogP contribution in [0.4, 0.5) is 0 Å².